The Morgan fingerprint density at radius 1 is 0.957 bits per heavy atom. The van der Waals surface area contributed by atoms with Crippen LogP contribution in [-0.4, -0.2) is 33.6 Å². The highest BCUT2D eigenvalue weighted by Gasteiger charge is 2.25. The van der Waals surface area contributed by atoms with Crippen molar-refractivity contribution >= 4 is 26.0 Å². The average molecular weight is 402 g/mol. The van der Waals surface area contributed by atoms with E-state index in [-0.39, 0.29) is 5.92 Å². The number of aryl methyl sites for hydroxylation is 2. The van der Waals surface area contributed by atoms with E-state index in [4.69, 9.17) is 5.14 Å². The molecule has 2 N–H and O–H groups in total. The van der Waals surface area contributed by atoms with Gasteiger partial charge in [-0.1, -0.05) is 6.92 Å². The number of aromatic nitrogens is 4. The van der Waals surface area contributed by atoms with Crippen molar-refractivity contribution in [1.82, 2.24) is 19.9 Å². The molecule has 0 unspecified atom stereocenters. The molecule has 0 aliphatic carbocycles. The van der Waals surface area contributed by atoms with Gasteiger partial charge in [0.1, 0.15) is 4.60 Å². The minimum absolute atomic E-state index is 0.256. The molecule has 2 aromatic heterocycles. The van der Waals surface area contributed by atoms with E-state index in [2.05, 4.69) is 35.9 Å². The monoisotopic (exact) mass is 401 g/mol. The van der Waals surface area contributed by atoms with Crippen molar-refractivity contribution in [2.24, 2.45) is 5.14 Å². The van der Waals surface area contributed by atoms with Gasteiger partial charge in [0, 0.05) is 24.5 Å². The zero-order chi connectivity index (χ0) is 17.6. The minimum atomic E-state index is -3.53. The largest absolute Gasteiger partial charge is 0.258 e. The standard InChI is InChI=1S/C9H15N3O2S.C5H5BrN2/c1-6-4-12-9(5-11-6)7(2)8(3)15(10,13)14;1-4-2-8-5(6)3-7-4/h4-5,7-8H,1-3H3,(H2,10,13,14);2-3H,1H3/t7-,8-;/m0./s1. The van der Waals surface area contributed by atoms with Crippen molar-refractivity contribution in [2.45, 2.75) is 38.9 Å². The smallest absolute Gasteiger partial charge is 0.212 e. The van der Waals surface area contributed by atoms with Crippen LogP contribution in [0, 0.1) is 13.8 Å². The number of nitrogens with zero attached hydrogens (tertiary/aromatic N) is 4. The zero-order valence-electron chi connectivity index (χ0n) is 13.4. The Morgan fingerprint density at radius 3 is 1.83 bits per heavy atom. The van der Waals surface area contributed by atoms with E-state index in [9.17, 15) is 8.42 Å². The molecule has 0 saturated heterocycles. The Kier molecular flexibility index (Phi) is 7.17. The Bertz CT molecular complexity index is 699. The van der Waals surface area contributed by atoms with E-state index >= 15 is 0 Å². The molecule has 9 heteroatoms. The Morgan fingerprint density at radius 2 is 1.48 bits per heavy atom. The summed E-state index contributed by atoms with van der Waals surface area (Å²) in [4.78, 5) is 16.1. The predicted octanol–water partition coefficient (Wildman–Crippen LogP) is 2.11. The van der Waals surface area contributed by atoms with Gasteiger partial charge in [0.25, 0.3) is 0 Å². The zero-order valence-corrected chi connectivity index (χ0v) is 15.8. The normalized spacial score (nSPS) is 13.7. The number of primary sulfonamides is 1. The fourth-order valence-electron chi connectivity index (χ4n) is 1.54. The second-order valence-electron chi connectivity index (χ2n) is 5.15. The van der Waals surface area contributed by atoms with Crippen LogP contribution < -0.4 is 5.14 Å². The summed E-state index contributed by atoms with van der Waals surface area (Å²) < 4.78 is 23.1. The van der Waals surface area contributed by atoms with Gasteiger partial charge in [-0.05, 0) is 36.7 Å². The van der Waals surface area contributed by atoms with Crippen molar-refractivity contribution in [3.05, 3.63) is 46.5 Å². The molecule has 0 saturated carbocycles. The van der Waals surface area contributed by atoms with Crippen molar-refractivity contribution in [3.8, 4) is 0 Å². The van der Waals surface area contributed by atoms with Crippen molar-refractivity contribution in [3.63, 3.8) is 0 Å². The molecule has 2 heterocycles. The molecule has 2 rings (SSSR count). The van der Waals surface area contributed by atoms with E-state index in [0.29, 0.717) is 5.69 Å². The number of rotatable bonds is 3. The molecule has 0 radical (unpaired) electrons. The lowest BCUT2D eigenvalue weighted by Crippen LogP contribution is -2.30. The van der Waals surface area contributed by atoms with Gasteiger partial charge in [-0.2, -0.15) is 0 Å². The molecule has 0 aromatic carbocycles. The Labute approximate surface area is 145 Å². The molecule has 0 spiro atoms. The second-order valence-corrected chi connectivity index (χ2v) is 7.88. The van der Waals surface area contributed by atoms with E-state index in [1.54, 1.807) is 38.6 Å². The summed E-state index contributed by atoms with van der Waals surface area (Å²) in [6, 6.07) is 0. The summed E-state index contributed by atoms with van der Waals surface area (Å²) >= 11 is 3.17. The first-order chi connectivity index (χ1) is 10.6. The van der Waals surface area contributed by atoms with Gasteiger partial charge >= 0.3 is 0 Å². The maximum absolute atomic E-state index is 11.1. The fourth-order valence-corrected chi connectivity index (χ4v) is 2.45. The third-order valence-electron chi connectivity index (χ3n) is 3.24. The first kappa shape index (κ1) is 19.6. The van der Waals surface area contributed by atoms with E-state index < -0.39 is 15.3 Å². The maximum Gasteiger partial charge on any atom is 0.212 e. The summed E-state index contributed by atoms with van der Waals surface area (Å²) in [7, 11) is -3.53. The van der Waals surface area contributed by atoms with Crippen LogP contribution in [0.5, 0.6) is 0 Å². The molecular weight excluding hydrogens is 382 g/mol. The van der Waals surface area contributed by atoms with Crippen LogP contribution in [0.25, 0.3) is 0 Å². The summed E-state index contributed by atoms with van der Waals surface area (Å²) in [5.41, 5.74) is 2.38. The maximum atomic E-state index is 11.1. The van der Waals surface area contributed by atoms with Crippen LogP contribution in [-0.2, 0) is 10.0 Å². The summed E-state index contributed by atoms with van der Waals surface area (Å²) in [5, 5.41) is 4.41. The van der Waals surface area contributed by atoms with Gasteiger partial charge in [-0.15, -0.1) is 0 Å². The van der Waals surface area contributed by atoms with Crippen LogP contribution in [0.15, 0.2) is 29.4 Å². The molecule has 2 atom stereocenters. The summed E-state index contributed by atoms with van der Waals surface area (Å²) in [5.74, 6) is -0.256. The first-order valence-corrected chi connectivity index (χ1v) is 9.25. The van der Waals surface area contributed by atoms with Gasteiger partial charge < -0.3 is 0 Å². The van der Waals surface area contributed by atoms with Crippen LogP contribution in [0.4, 0.5) is 0 Å². The first-order valence-electron chi connectivity index (χ1n) is 6.85. The molecule has 2 aromatic rings. The summed E-state index contributed by atoms with van der Waals surface area (Å²) in [6.45, 7) is 7.07. The predicted molar refractivity (Wildman–Crippen MR) is 92.2 cm³/mol. The SMILES string of the molecule is Cc1cnc(Br)cn1.Cc1cnc([C@@H](C)[C@H](C)S(N)(=O)=O)cn1. The van der Waals surface area contributed by atoms with Gasteiger partial charge in [0.2, 0.25) is 10.0 Å². The lowest BCUT2D eigenvalue weighted by atomic mass is 10.1. The summed E-state index contributed by atoms with van der Waals surface area (Å²) in [6.07, 6.45) is 6.59. The molecule has 126 valence electrons. The van der Waals surface area contributed by atoms with Crippen LogP contribution in [0.1, 0.15) is 36.8 Å². The Balaban J connectivity index is 0.000000277. The van der Waals surface area contributed by atoms with E-state index in [0.717, 1.165) is 16.0 Å². The lowest BCUT2D eigenvalue weighted by Gasteiger charge is -2.16. The second kappa shape index (κ2) is 8.42. The quantitative estimate of drug-likeness (QED) is 0.842. The average Bonchev–Trinajstić information content (AvgIpc) is 2.49. The molecule has 7 nitrogen and oxygen atoms in total. The van der Waals surface area contributed by atoms with Crippen LogP contribution in [0.2, 0.25) is 0 Å². The van der Waals surface area contributed by atoms with Gasteiger partial charge in [-0.3, -0.25) is 15.0 Å². The Hall–Kier alpha value is -1.45. The molecule has 23 heavy (non-hydrogen) atoms. The number of nitrogens with two attached hydrogens (primary N) is 1. The van der Waals surface area contributed by atoms with Crippen LogP contribution >= 0.6 is 15.9 Å². The molecule has 0 fully saturated rings. The van der Waals surface area contributed by atoms with Crippen molar-refractivity contribution in [2.75, 3.05) is 0 Å². The van der Waals surface area contributed by atoms with E-state index in [1.165, 1.54) is 0 Å². The van der Waals surface area contributed by atoms with Gasteiger partial charge in [0.05, 0.1) is 28.5 Å². The molecule has 0 aliphatic heterocycles. The topological polar surface area (TPSA) is 112 Å². The number of halogens is 1. The minimum Gasteiger partial charge on any atom is -0.258 e. The van der Waals surface area contributed by atoms with Gasteiger partial charge in [-0.25, -0.2) is 18.5 Å². The van der Waals surface area contributed by atoms with E-state index in [1.807, 2.05) is 13.8 Å². The molecule has 0 bridgehead atoms. The van der Waals surface area contributed by atoms with Gasteiger partial charge in [0.15, 0.2) is 0 Å². The highest BCUT2D eigenvalue weighted by Crippen LogP contribution is 2.20. The highest BCUT2D eigenvalue weighted by molar-refractivity contribution is 9.10. The third kappa shape index (κ3) is 6.67. The lowest BCUT2D eigenvalue weighted by molar-refractivity contribution is 0.568. The van der Waals surface area contributed by atoms with Crippen molar-refractivity contribution < 1.29 is 8.42 Å². The molecular formula is C14H20BrN5O2S. The number of hydrogen-bond donors (Lipinski definition) is 1. The van der Waals surface area contributed by atoms with Crippen LogP contribution in [0.3, 0.4) is 0 Å². The number of sulfonamides is 1. The fraction of sp³-hybridized carbons (Fsp3) is 0.429. The third-order valence-corrected chi connectivity index (χ3v) is 5.09. The number of hydrogen-bond acceptors (Lipinski definition) is 6. The molecule has 0 amide bonds. The molecule has 0 aliphatic rings. The van der Waals surface area contributed by atoms with Crippen molar-refractivity contribution in [1.29, 1.82) is 0 Å². The highest BCUT2D eigenvalue weighted by atomic mass is 79.9.